The monoisotopic (exact) mass is 112 g/mol. The minimum atomic E-state index is -1.26. The molecule has 0 atom stereocenters. The van der Waals surface area contributed by atoms with E-state index in [-0.39, 0.29) is 6.42 Å². The first-order chi connectivity index (χ1) is 3.50. The van der Waals surface area contributed by atoms with Crippen LogP contribution in [-0.2, 0) is 4.79 Å². The van der Waals surface area contributed by atoms with Crippen LogP contribution >= 0.6 is 0 Å². The number of carboxylic acids is 1. The largest absolute Gasteiger partial charge is 0.548 e. The second-order valence-electron chi connectivity index (χ2n) is 1.82. The number of hydrogen-bond acceptors (Lipinski definition) is 2. The molecular formula is C6H8O2. The second kappa shape index (κ2) is 1.99. The SMILES string of the molecule is [CH2+]CC([CH2+])([CH2-])C(=O)[O-]. The molecule has 0 fully saturated rings. The summed E-state index contributed by atoms with van der Waals surface area (Å²) >= 11 is 0. The Morgan fingerprint density at radius 2 is 2.25 bits per heavy atom. The van der Waals surface area contributed by atoms with Crippen LogP contribution in [0.1, 0.15) is 6.42 Å². The summed E-state index contributed by atoms with van der Waals surface area (Å²) in [4.78, 5) is 9.98. The maximum Gasteiger partial charge on any atom is 0.107 e. The van der Waals surface area contributed by atoms with Gasteiger partial charge in [0, 0.05) is 6.92 Å². The van der Waals surface area contributed by atoms with E-state index in [0.717, 1.165) is 0 Å². The Morgan fingerprint density at radius 1 is 1.88 bits per heavy atom. The number of carbonyl (C=O) groups excluding carboxylic acids is 1. The Bertz CT molecular complexity index is 94.7. The summed E-state index contributed by atoms with van der Waals surface area (Å²) in [5.41, 5.74) is -1.26. The molecule has 0 aromatic carbocycles. The van der Waals surface area contributed by atoms with E-state index in [2.05, 4.69) is 20.8 Å². The van der Waals surface area contributed by atoms with Gasteiger partial charge in [-0.2, -0.15) is 0 Å². The van der Waals surface area contributed by atoms with E-state index in [1.165, 1.54) is 0 Å². The number of aliphatic carboxylic acids is 1. The van der Waals surface area contributed by atoms with Crippen molar-refractivity contribution >= 4 is 5.97 Å². The summed E-state index contributed by atoms with van der Waals surface area (Å²) in [5, 5.41) is 9.98. The van der Waals surface area contributed by atoms with Crippen LogP contribution in [0.5, 0.6) is 0 Å². The van der Waals surface area contributed by atoms with E-state index < -0.39 is 11.4 Å². The Hall–Kier alpha value is -0.790. The Morgan fingerprint density at radius 3 is 2.25 bits per heavy atom. The van der Waals surface area contributed by atoms with Crippen molar-refractivity contribution < 1.29 is 9.90 Å². The molecule has 0 aliphatic rings. The van der Waals surface area contributed by atoms with Gasteiger partial charge in [-0.3, -0.25) is 6.92 Å². The fraction of sp³-hybridized carbons (Fsp3) is 0.333. The molecule has 0 spiro atoms. The first-order valence-electron chi connectivity index (χ1n) is 2.22. The highest BCUT2D eigenvalue weighted by Crippen LogP contribution is 2.15. The van der Waals surface area contributed by atoms with E-state index in [1.54, 1.807) is 0 Å². The fourth-order valence-corrected chi connectivity index (χ4v) is 0.102. The molecule has 0 aliphatic carbocycles. The molecule has 0 radical (unpaired) electrons. The zero-order valence-corrected chi connectivity index (χ0v) is 4.64. The van der Waals surface area contributed by atoms with Gasteiger partial charge in [-0.05, 0) is 0 Å². The summed E-state index contributed by atoms with van der Waals surface area (Å²) in [6, 6.07) is 0. The number of carbonyl (C=O) groups is 1. The number of carboxylic acid groups (broad SMARTS) is 1. The summed E-state index contributed by atoms with van der Waals surface area (Å²) < 4.78 is 0. The van der Waals surface area contributed by atoms with Crippen LogP contribution in [0.4, 0.5) is 0 Å². The molecule has 0 aliphatic heterocycles. The average molecular weight is 112 g/mol. The molecule has 0 unspecified atom stereocenters. The smallest absolute Gasteiger partial charge is 0.107 e. The van der Waals surface area contributed by atoms with Crippen LogP contribution in [0.25, 0.3) is 0 Å². The van der Waals surface area contributed by atoms with Gasteiger partial charge in [0.1, 0.15) is 6.42 Å². The molecule has 8 heavy (non-hydrogen) atoms. The molecule has 0 heterocycles. The van der Waals surface area contributed by atoms with E-state index in [9.17, 15) is 9.90 Å². The maximum atomic E-state index is 9.98. The highest BCUT2D eigenvalue weighted by atomic mass is 16.4. The zero-order chi connectivity index (χ0) is 6.78. The topological polar surface area (TPSA) is 40.1 Å². The standard InChI is InChI=1S/C6H8O2/c1-4-6(2,3)5(7)8/h1-4H2. The van der Waals surface area contributed by atoms with Crippen LogP contribution < -0.4 is 5.11 Å². The molecule has 0 amide bonds. The molecule has 2 nitrogen and oxygen atoms in total. The molecular weight excluding hydrogens is 104 g/mol. The predicted molar refractivity (Wildman–Crippen MR) is 28.1 cm³/mol. The van der Waals surface area contributed by atoms with Gasteiger partial charge in [0.2, 0.25) is 0 Å². The Balaban J connectivity index is 3.91. The Labute approximate surface area is 49.5 Å². The van der Waals surface area contributed by atoms with Gasteiger partial charge in [-0.1, -0.05) is 0 Å². The normalized spacial score (nSPS) is 17.1. The van der Waals surface area contributed by atoms with Crippen LogP contribution in [0.15, 0.2) is 0 Å². The van der Waals surface area contributed by atoms with Crippen LogP contribution in [0, 0.1) is 26.2 Å². The van der Waals surface area contributed by atoms with Gasteiger partial charge in [-0.15, -0.1) is 0 Å². The first-order valence-corrected chi connectivity index (χ1v) is 2.22. The van der Waals surface area contributed by atoms with Crippen molar-refractivity contribution in [2.75, 3.05) is 0 Å². The molecule has 2 heteroatoms. The highest BCUT2D eigenvalue weighted by Gasteiger charge is 2.19. The zero-order valence-electron chi connectivity index (χ0n) is 4.64. The van der Waals surface area contributed by atoms with Crippen molar-refractivity contribution in [3.05, 3.63) is 20.8 Å². The minimum absolute atomic E-state index is 0.148. The molecule has 0 saturated heterocycles. The lowest BCUT2D eigenvalue weighted by Gasteiger charge is -2.19. The van der Waals surface area contributed by atoms with E-state index in [4.69, 9.17) is 0 Å². The summed E-state index contributed by atoms with van der Waals surface area (Å²) in [6.45, 7) is 9.84. The van der Waals surface area contributed by atoms with Crippen LogP contribution in [-0.4, -0.2) is 5.97 Å². The van der Waals surface area contributed by atoms with Crippen molar-refractivity contribution in [2.45, 2.75) is 6.42 Å². The lowest BCUT2D eigenvalue weighted by atomic mass is 9.91. The summed E-state index contributed by atoms with van der Waals surface area (Å²) in [7, 11) is 0. The minimum Gasteiger partial charge on any atom is -0.548 e. The van der Waals surface area contributed by atoms with E-state index >= 15 is 0 Å². The van der Waals surface area contributed by atoms with Gasteiger partial charge in [0.05, 0.1) is 18.3 Å². The van der Waals surface area contributed by atoms with Crippen molar-refractivity contribution in [3.8, 4) is 0 Å². The predicted octanol–water partition coefficient (Wildman–Crippen LogP) is -0.385. The van der Waals surface area contributed by atoms with Gasteiger partial charge >= 0.3 is 0 Å². The third-order valence-corrected chi connectivity index (χ3v) is 0.912. The Kier molecular flexibility index (Phi) is 1.79. The van der Waals surface area contributed by atoms with Crippen LogP contribution in [0.3, 0.4) is 0 Å². The van der Waals surface area contributed by atoms with Crippen LogP contribution in [0.2, 0.25) is 0 Å². The van der Waals surface area contributed by atoms with Gasteiger partial charge in [0.25, 0.3) is 0 Å². The molecule has 0 aromatic rings. The molecule has 0 saturated carbocycles. The van der Waals surface area contributed by atoms with Crippen molar-refractivity contribution in [1.29, 1.82) is 0 Å². The number of rotatable bonds is 2. The molecule has 0 N–H and O–H groups in total. The molecule has 0 aromatic heterocycles. The summed E-state index contributed by atoms with van der Waals surface area (Å²) in [5.74, 6) is -1.26. The van der Waals surface area contributed by atoms with Crippen molar-refractivity contribution in [3.63, 3.8) is 0 Å². The van der Waals surface area contributed by atoms with E-state index in [0.29, 0.717) is 0 Å². The van der Waals surface area contributed by atoms with Crippen molar-refractivity contribution in [1.82, 2.24) is 0 Å². The van der Waals surface area contributed by atoms with Gasteiger partial charge < -0.3 is 9.90 Å². The second-order valence-corrected chi connectivity index (χ2v) is 1.82. The highest BCUT2D eigenvalue weighted by molar-refractivity contribution is 5.74. The number of hydrogen-bond donors (Lipinski definition) is 0. The third-order valence-electron chi connectivity index (χ3n) is 0.912. The van der Waals surface area contributed by atoms with Crippen molar-refractivity contribution in [2.24, 2.45) is 5.41 Å². The molecule has 0 rings (SSSR count). The molecule has 0 bridgehead atoms. The quantitative estimate of drug-likeness (QED) is 0.456. The maximum absolute atomic E-state index is 9.98. The van der Waals surface area contributed by atoms with E-state index in [1.807, 2.05) is 0 Å². The third kappa shape index (κ3) is 1.37. The summed E-state index contributed by atoms with van der Waals surface area (Å²) in [6.07, 6.45) is 0.148. The lowest BCUT2D eigenvalue weighted by molar-refractivity contribution is -0.314. The lowest BCUT2D eigenvalue weighted by Crippen LogP contribution is -2.37. The average Bonchev–Trinajstić information content (AvgIpc) is 1.67. The molecule has 44 valence electrons. The van der Waals surface area contributed by atoms with Gasteiger partial charge in [0.15, 0.2) is 0 Å². The fourth-order valence-electron chi connectivity index (χ4n) is 0.102. The first kappa shape index (κ1) is 7.21. The van der Waals surface area contributed by atoms with Gasteiger partial charge in [-0.25, -0.2) is 0 Å².